The number of morpholine rings is 1. The molecule has 0 saturated carbocycles. The molecule has 1 fully saturated rings. The first-order valence-corrected chi connectivity index (χ1v) is 6.80. The second-order valence-corrected chi connectivity index (χ2v) is 4.73. The molecule has 1 aliphatic rings. The van der Waals surface area contributed by atoms with Crippen molar-refractivity contribution in [1.82, 2.24) is 15.2 Å². The van der Waals surface area contributed by atoms with Gasteiger partial charge in [0.05, 0.1) is 25.3 Å². The molecule has 10 heteroatoms. The molecule has 1 saturated heterocycles. The van der Waals surface area contributed by atoms with Crippen LogP contribution in [0.5, 0.6) is 0 Å². The zero-order valence-corrected chi connectivity index (χ0v) is 12.0. The normalized spacial score (nSPS) is 15.2. The van der Waals surface area contributed by atoms with Crippen molar-refractivity contribution in [2.75, 3.05) is 38.2 Å². The Balaban J connectivity index is 1.84. The first-order chi connectivity index (χ1) is 10.9. The van der Waals surface area contributed by atoms with Crippen molar-refractivity contribution in [2.45, 2.75) is 6.18 Å². The van der Waals surface area contributed by atoms with Crippen molar-refractivity contribution in [3.63, 3.8) is 0 Å². The van der Waals surface area contributed by atoms with Crippen LogP contribution in [-0.2, 0) is 15.7 Å². The summed E-state index contributed by atoms with van der Waals surface area (Å²) in [6, 6.07) is 0.701. The van der Waals surface area contributed by atoms with Crippen LogP contribution >= 0.6 is 0 Å². The lowest BCUT2D eigenvalue weighted by Crippen LogP contribution is -2.46. The number of amides is 3. The van der Waals surface area contributed by atoms with Crippen LogP contribution in [0.2, 0.25) is 0 Å². The zero-order valence-electron chi connectivity index (χ0n) is 12.0. The molecule has 1 aromatic rings. The summed E-state index contributed by atoms with van der Waals surface area (Å²) in [7, 11) is 0. The number of aromatic nitrogens is 1. The minimum absolute atomic E-state index is 0.254. The summed E-state index contributed by atoms with van der Waals surface area (Å²) in [5.41, 5.74) is -0.924. The van der Waals surface area contributed by atoms with E-state index in [1.165, 1.54) is 4.90 Å². The van der Waals surface area contributed by atoms with Crippen molar-refractivity contribution in [3.8, 4) is 0 Å². The molecule has 126 valence electrons. The highest BCUT2D eigenvalue weighted by Gasteiger charge is 2.30. The van der Waals surface area contributed by atoms with Crippen LogP contribution in [0.4, 0.5) is 23.8 Å². The molecule has 7 nitrogen and oxygen atoms in total. The number of hydrogen-bond acceptors (Lipinski definition) is 4. The van der Waals surface area contributed by atoms with Gasteiger partial charge in [0.1, 0.15) is 5.82 Å². The van der Waals surface area contributed by atoms with Gasteiger partial charge in [0.15, 0.2) is 0 Å². The Bertz CT molecular complexity index is 574. The van der Waals surface area contributed by atoms with Crippen molar-refractivity contribution < 1.29 is 27.5 Å². The lowest BCUT2D eigenvalue weighted by Gasteiger charge is -2.26. The Hall–Kier alpha value is -2.36. The van der Waals surface area contributed by atoms with E-state index in [9.17, 15) is 22.8 Å². The number of urea groups is 1. The van der Waals surface area contributed by atoms with Crippen LogP contribution in [0.3, 0.4) is 0 Å². The predicted octanol–water partition coefficient (Wildman–Crippen LogP) is 1.08. The lowest BCUT2D eigenvalue weighted by atomic mass is 10.2. The Morgan fingerprint density at radius 2 is 2.00 bits per heavy atom. The smallest absolute Gasteiger partial charge is 0.378 e. The van der Waals surface area contributed by atoms with Crippen molar-refractivity contribution >= 4 is 17.8 Å². The van der Waals surface area contributed by atoms with Gasteiger partial charge in [0.25, 0.3) is 0 Å². The van der Waals surface area contributed by atoms with E-state index in [1.54, 1.807) is 0 Å². The van der Waals surface area contributed by atoms with Crippen LogP contribution in [0.1, 0.15) is 5.56 Å². The van der Waals surface area contributed by atoms with Gasteiger partial charge in [-0.25, -0.2) is 9.78 Å². The van der Waals surface area contributed by atoms with E-state index in [-0.39, 0.29) is 18.3 Å². The molecule has 0 aliphatic carbocycles. The third-order valence-corrected chi connectivity index (χ3v) is 3.09. The number of rotatable bonds is 3. The summed E-state index contributed by atoms with van der Waals surface area (Å²) in [4.78, 5) is 28.6. The van der Waals surface area contributed by atoms with E-state index in [0.717, 1.165) is 12.3 Å². The van der Waals surface area contributed by atoms with Gasteiger partial charge in [-0.15, -0.1) is 0 Å². The van der Waals surface area contributed by atoms with E-state index in [1.807, 2.05) is 0 Å². The van der Waals surface area contributed by atoms with E-state index in [4.69, 9.17) is 4.74 Å². The number of alkyl halides is 3. The van der Waals surface area contributed by atoms with Gasteiger partial charge in [-0.3, -0.25) is 10.1 Å². The maximum absolute atomic E-state index is 12.5. The maximum Gasteiger partial charge on any atom is 0.416 e. The van der Waals surface area contributed by atoms with E-state index < -0.39 is 17.8 Å². The van der Waals surface area contributed by atoms with Crippen molar-refractivity contribution in [1.29, 1.82) is 0 Å². The average molecular weight is 332 g/mol. The monoisotopic (exact) mass is 332 g/mol. The van der Waals surface area contributed by atoms with Crippen LogP contribution in [0.25, 0.3) is 0 Å². The highest BCUT2D eigenvalue weighted by atomic mass is 19.4. The fraction of sp³-hybridized carbons (Fsp3) is 0.462. The number of nitrogens with one attached hydrogen (secondary N) is 2. The fourth-order valence-corrected chi connectivity index (χ4v) is 1.92. The Morgan fingerprint density at radius 3 is 2.65 bits per heavy atom. The SMILES string of the molecule is O=C(NCC(=O)N1CCOCC1)Nc1cc(C(F)(F)F)ccn1. The molecule has 2 rings (SSSR count). The Labute approximate surface area is 129 Å². The van der Waals surface area contributed by atoms with E-state index in [0.29, 0.717) is 32.4 Å². The van der Waals surface area contributed by atoms with Gasteiger partial charge >= 0.3 is 12.2 Å². The summed E-state index contributed by atoms with van der Waals surface area (Å²) in [5.74, 6) is -0.545. The molecule has 23 heavy (non-hydrogen) atoms. The minimum Gasteiger partial charge on any atom is -0.378 e. The molecule has 0 unspecified atom stereocenters. The molecule has 1 aromatic heterocycles. The van der Waals surface area contributed by atoms with Crippen LogP contribution in [0.15, 0.2) is 18.3 Å². The largest absolute Gasteiger partial charge is 0.416 e. The quantitative estimate of drug-likeness (QED) is 0.868. The third-order valence-electron chi connectivity index (χ3n) is 3.09. The maximum atomic E-state index is 12.5. The fourth-order valence-electron chi connectivity index (χ4n) is 1.92. The summed E-state index contributed by atoms with van der Waals surface area (Å²) < 4.78 is 42.7. The van der Waals surface area contributed by atoms with Gasteiger partial charge < -0.3 is 15.0 Å². The number of nitrogens with zero attached hydrogens (tertiary/aromatic N) is 2. The molecule has 0 aromatic carbocycles. The van der Waals surface area contributed by atoms with Gasteiger partial charge in [-0.1, -0.05) is 0 Å². The van der Waals surface area contributed by atoms with Crippen molar-refractivity contribution in [2.24, 2.45) is 0 Å². The number of pyridine rings is 1. The van der Waals surface area contributed by atoms with Gasteiger partial charge in [-0.2, -0.15) is 13.2 Å². The zero-order chi connectivity index (χ0) is 16.9. The highest BCUT2D eigenvalue weighted by molar-refractivity contribution is 5.91. The molecule has 0 atom stereocenters. The first kappa shape index (κ1) is 17.0. The van der Waals surface area contributed by atoms with E-state index >= 15 is 0 Å². The number of carbonyl (C=O) groups is 2. The molecule has 2 N–H and O–H groups in total. The molecular formula is C13H15F3N4O3. The third kappa shape index (κ3) is 5.09. The summed E-state index contributed by atoms with van der Waals surface area (Å²) >= 11 is 0. The summed E-state index contributed by atoms with van der Waals surface area (Å²) in [6.45, 7) is 1.50. The second kappa shape index (κ2) is 7.27. The first-order valence-electron chi connectivity index (χ1n) is 6.80. The highest BCUT2D eigenvalue weighted by Crippen LogP contribution is 2.29. The minimum atomic E-state index is -4.53. The number of anilines is 1. The summed E-state index contributed by atoms with van der Waals surface area (Å²) in [5, 5.41) is 4.44. The summed E-state index contributed by atoms with van der Waals surface area (Å²) in [6.07, 6.45) is -3.58. The van der Waals surface area contributed by atoms with E-state index in [2.05, 4.69) is 15.6 Å². The Morgan fingerprint density at radius 1 is 1.30 bits per heavy atom. The molecular weight excluding hydrogens is 317 g/mol. The topological polar surface area (TPSA) is 83.6 Å². The van der Waals surface area contributed by atoms with Crippen LogP contribution < -0.4 is 10.6 Å². The average Bonchev–Trinajstić information content (AvgIpc) is 2.53. The van der Waals surface area contributed by atoms with Gasteiger partial charge in [0, 0.05) is 19.3 Å². The molecule has 0 bridgehead atoms. The molecule has 0 radical (unpaired) electrons. The molecule has 0 spiro atoms. The van der Waals surface area contributed by atoms with Crippen molar-refractivity contribution in [3.05, 3.63) is 23.9 Å². The molecule has 1 aliphatic heterocycles. The van der Waals surface area contributed by atoms with Crippen LogP contribution in [0, 0.1) is 0 Å². The molecule has 2 heterocycles. The van der Waals surface area contributed by atoms with Crippen LogP contribution in [-0.4, -0.2) is 54.7 Å². The van der Waals surface area contributed by atoms with Gasteiger partial charge in [0.2, 0.25) is 5.91 Å². The lowest BCUT2D eigenvalue weighted by molar-refractivity contribution is -0.137. The Kier molecular flexibility index (Phi) is 5.37. The molecule has 3 amide bonds. The van der Waals surface area contributed by atoms with Gasteiger partial charge in [-0.05, 0) is 12.1 Å². The predicted molar refractivity (Wildman–Crippen MR) is 73.7 cm³/mol. The standard InChI is InChI=1S/C13H15F3N4O3/c14-13(15,16)9-1-2-17-10(7-9)19-12(22)18-8-11(21)20-3-5-23-6-4-20/h1-2,7H,3-6,8H2,(H2,17,18,19,22). The number of halogens is 3. The second-order valence-electron chi connectivity index (χ2n) is 4.73. The number of hydrogen-bond donors (Lipinski definition) is 2. The number of carbonyl (C=O) groups excluding carboxylic acids is 2. The number of ether oxygens (including phenoxy) is 1.